The topological polar surface area (TPSA) is 97.7 Å². The fourth-order valence-corrected chi connectivity index (χ4v) is 4.92. The van der Waals surface area contributed by atoms with Gasteiger partial charge in [0.05, 0.1) is 42.0 Å². The molecule has 2 aromatic carbocycles. The van der Waals surface area contributed by atoms with Gasteiger partial charge in [-0.1, -0.05) is 23.8 Å². The van der Waals surface area contributed by atoms with Gasteiger partial charge < -0.3 is 19.5 Å². The molecule has 0 saturated heterocycles. The number of halogens is 1. The predicted octanol–water partition coefficient (Wildman–Crippen LogP) is 4.32. The smallest absolute Gasteiger partial charge is 0.319 e. The largest absolute Gasteiger partial charge is 0.496 e. The third-order valence-corrected chi connectivity index (χ3v) is 6.74. The lowest BCUT2D eigenvalue weighted by Crippen LogP contribution is -2.44. The Morgan fingerprint density at radius 1 is 1.21 bits per heavy atom. The van der Waals surface area contributed by atoms with Crippen LogP contribution in [0.1, 0.15) is 17.0 Å². The summed E-state index contributed by atoms with van der Waals surface area (Å²) in [7, 11) is 2.76. The Morgan fingerprint density at radius 2 is 1.94 bits per heavy atom. The molecule has 0 unspecified atom stereocenters. The number of hydrogen-bond donors (Lipinski definition) is 1. The summed E-state index contributed by atoms with van der Waals surface area (Å²) in [6, 6.07) is 15.1. The van der Waals surface area contributed by atoms with E-state index in [0.29, 0.717) is 38.7 Å². The number of nitrogens with one attached hydrogen (secondary N) is 1. The van der Waals surface area contributed by atoms with E-state index in [9.17, 15) is 14.9 Å². The molecule has 172 valence electrons. The van der Waals surface area contributed by atoms with E-state index in [1.54, 1.807) is 25.3 Å². The minimum absolute atomic E-state index is 0.294. The molecular formula is C24H23BrN2O5S. The van der Waals surface area contributed by atoms with Crippen LogP contribution in [0.3, 0.4) is 0 Å². The first-order valence-corrected chi connectivity index (χ1v) is 11.9. The van der Waals surface area contributed by atoms with Crippen LogP contribution in [0, 0.1) is 24.2 Å². The second kappa shape index (κ2) is 11.3. The van der Waals surface area contributed by atoms with Gasteiger partial charge in [-0.2, -0.15) is 5.26 Å². The molecule has 1 aliphatic rings. The number of rotatable bonds is 8. The number of hydrogen-bond acceptors (Lipinski definition) is 7. The third kappa shape index (κ3) is 5.70. The van der Waals surface area contributed by atoms with Gasteiger partial charge in [-0.15, -0.1) is 11.8 Å². The van der Waals surface area contributed by atoms with Crippen molar-refractivity contribution in [1.29, 1.82) is 5.26 Å². The Balaban J connectivity index is 1.87. The summed E-state index contributed by atoms with van der Waals surface area (Å²) in [6.07, 6.45) is 0. The van der Waals surface area contributed by atoms with Crippen LogP contribution in [0.5, 0.6) is 11.5 Å². The molecular weight excluding hydrogens is 508 g/mol. The minimum atomic E-state index is -1.18. The molecule has 0 aliphatic carbocycles. The number of carbonyl (C=O) groups is 2. The molecule has 2 aromatic rings. The van der Waals surface area contributed by atoms with Gasteiger partial charge >= 0.3 is 5.97 Å². The van der Waals surface area contributed by atoms with Gasteiger partial charge in [-0.25, -0.2) is 0 Å². The molecule has 1 N–H and O–H groups in total. The fourth-order valence-electron chi connectivity index (χ4n) is 3.49. The molecule has 0 aromatic heterocycles. The average Bonchev–Trinajstić information content (AvgIpc) is 2.82. The molecule has 9 heteroatoms. The van der Waals surface area contributed by atoms with Crippen molar-refractivity contribution in [1.82, 2.24) is 5.32 Å². The summed E-state index contributed by atoms with van der Waals surface area (Å²) < 4.78 is 16.5. The number of aryl methyl sites for hydroxylation is 1. The van der Waals surface area contributed by atoms with Gasteiger partial charge in [0.25, 0.3) is 0 Å². The summed E-state index contributed by atoms with van der Waals surface area (Å²) in [5, 5.41) is 13.1. The van der Waals surface area contributed by atoms with E-state index >= 15 is 0 Å². The normalized spacial score (nSPS) is 17.7. The first kappa shape index (κ1) is 24.7. The van der Waals surface area contributed by atoms with Crippen molar-refractivity contribution >= 4 is 39.6 Å². The summed E-state index contributed by atoms with van der Waals surface area (Å²) >= 11 is 4.73. The molecule has 7 nitrogen and oxygen atoms in total. The molecule has 1 amide bonds. The zero-order valence-corrected chi connectivity index (χ0v) is 20.8. The number of esters is 1. The number of methoxy groups -OCH3 is 2. The average molecular weight is 531 g/mol. The maximum absolute atomic E-state index is 12.9. The van der Waals surface area contributed by atoms with Crippen molar-refractivity contribution in [3.05, 3.63) is 68.7 Å². The fraction of sp³-hybridized carbons (Fsp3) is 0.292. The number of ether oxygens (including phenoxy) is 3. The number of amides is 1. The summed E-state index contributed by atoms with van der Waals surface area (Å²) in [5.74, 6) is -1.36. The van der Waals surface area contributed by atoms with Crippen LogP contribution in [0.25, 0.3) is 0 Å². The second-order valence-corrected chi connectivity index (χ2v) is 9.19. The van der Waals surface area contributed by atoms with Crippen molar-refractivity contribution < 1.29 is 23.8 Å². The zero-order chi connectivity index (χ0) is 24.0. The number of thioether (sulfide) groups is 1. The van der Waals surface area contributed by atoms with E-state index in [-0.39, 0.29) is 0 Å². The van der Waals surface area contributed by atoms with Crippen LogP contribution in [0.15, 0.2) is 57.5 Å². The SMILES string of the molecule is COC(=O)[C@H]1C(=O)NC(SCCOc2ccc(C)cc2)=C(C#N)[C@@H]1c1ccc(OC)c(Br)c1. The molecule has 0 saturated carbocycles. The molecule has 3 rings (SSSR count). The lowest BCUT2D eigenvalue weighted by atomic mass is 9.78. The van der Waals surface area contributed by atoms with Crippen molar-refractivity contribution in [3.63, 3.8) is 0 Å². The summed E-state index contributed by atoms with van der Waals surface area (Å²) in [6.45, 7) is 2.38. The molecule has 0 radical (unpaired) electrons. The Kier molecular flexibility index (Phi) is 8.42. The van der Waals surface area contributed by atoms with Gasteiger partial charge in [0.1, 0.15) is 17.4 Å². The minimum Gasteiger partial charge on any atom is -0.496 e. The molecule has 0 fully saturated rings. The summed E-state index contributed by atoms with van der Waals surface area (Å²) in [4.78, 5) is 25.4. The van der Waals surface area contributed by atoms with Gasteiger partial charge in [0.15, 0.2) is 0 Å². The Bertz CT molecular complexity index is 1110. The van der Waals surface area contributed by atoms with Crippen LogP contribution in [-0.2, 0) is 14.3 Å². The van der Waals surface area contributed by atoms with E-state index in [0.717, 1.165) is 11.3 Å². The number of nitriles is 1. The lowest BCUT2D eigenvalue weighted by molar-refractivity contribution is -0.150. The van der Waals surface area contributed by atoms with Gasteiger partial charge in [-0.3, -0.25) is 9.59 Å². The van der Waals surface area contributed by atoms with Crippen LogP contribution in [0.2, 0.25) is 0 Å². The first-order valence-electron chi connectivity index (χ1n) is 10.1. The monoisotopic (exact) mass is 530 g/mol. The standard InChI is InChI=1S/C24H23BrN2O5S/c1-14-4-7-16(8-5-14)32-10-11-33-23-17(13-26)20(21(22(28)27-23)24(29)31-3)15-6-9-19(30-2)18(25)12-15/h4-9,12,20-21H,10-11H2,1-3H3,(H,27,28)/t20-,21+/m0/s1. The summed E-state index contributed by atoms with van der Waals surface area (Å²) in [5.41, 5.74) is 2.06. The van der Waals surface area contributed by atoms with Crippen molar-refractivity contribution in [2.75, 3.05) is 26.6 Å². The van der Waals surface area contributed by atoms with E-state index in [1.807, 2.05) is 31.2 Å². The highest BCUT2D eigenvalue weighted by molar-refractivity contribution is 9.10. The maximum atomic E-state index is 12.9. The molecule has 1 aliphatic heterocycles. The van der Waals surface area contributed by atoms with Crippen LogP contribution in [-0.4, -0.2) is 38.5 Å². The highest BCUT2D eigenvalue weighted by atomic mass is 79.9. The molecule has 1 heterocycles. The van der Waals surface area contributed by atoms with E-state index < -0.39 is 23.7 Å². The van der Waals surface area contributed by atoms with Crippen LogP contribution < -0.4 is 14.8 Å². The molecule has 2 atom stereocenters. The van der Waals surface area contributed by atoms with Crippen molar-refractivity contribution in [3.8, 4) is 17.6 Å². The van der Waals surface area contributed by atoms with Crippen LogP contribution in [0.4, 0.5) is 0 Å². The van der Waals surface area contributed by atoms with E-state index in [4.69, 9.17) is 14.2 Å². The van der Waals surface area contributed by atoms with E-state index in [1.165, 1.54) is 18.9 Å². The van der Waals surface area contributed by atoms with E-state index in [2.05, 4.69) is 27.3 Å². The molecule has 0 bridgehead atoms. The number of allylic oxidation sites excluding steroid dienone is 1. The zero-order valence-electron chi connectivity index (χ0n) is 18.4. The third-order valence-electron chi connectivity index (χ3n) is 5.14. The lowest BCUT2D eigenvalue weighted by Gasteiger charge is -2.31. The number of nitrogens with zero attached hydrogens (tertiary/aromatic N) is 1. The number of benzene rings is 2. The second-order valence-electron chi connectivity index (χ2n) is 7.23. The van der Waals surface area contributed by atoms with Gasteiger partial charge in [0.2, 0.25) is 5.91 Å². The highest BCUT2D eigenvalue weighted by Crippen LogP contribution is 2.42. The molecule has 0 spiro atoms. The predicted molar refractivity (Wildman–Crippen MR) is 129 cm³/mol. The highest BCUT2D eigenvalue weighted by Gasteiger charge is 2.44. The molecule has 33 heavy (non-hydrogen) atoms. The first-order chi connectivity index (χ1) is 15.9. The van der Waals surface area contributed by atoms with Gasteiger partial charge in [0, 0.05) is 11.7 Å². The Morgan fingerprint density at radius 3 is 2.55 bits per heavy atom. The number of carbonyl (C=O) groups excluding carboxylic acids is 2. The van der Waals surface area contributed by atoms with Crippen molar-refractivity contribution in [2.45, 2.75) is 12.8 Å². The van der Waals surface area contributed by atoms with Crippen molar-refractivity contribution in [2.24, 2.45) is 5.92 Å². The van der Waals surface area contributed by atoms with Crippen LogP contribution >= 0.6 is 27.7 Å². The van der Waals surface area contributed by atoms with Gasteiger partial charge in [-0.05, 0) is 52.7 Å². The Labute approximate surface area is 205 Å². The Hall–Kier alpha value is -2.96. The quantitative estimate of drug-likeness (QED) is 0.308. The maximum Gasteiger partial charge on any atom is 0.319 e.